The molecule has 2 atom stereocenters. The number of carbonyl (C=O) groups is 2. The Kier molecular flexibility index (Phi) is 47.9. The average molecular weight is 820 g/mol. The molecule has 0 saturated carbocycles. The van der Waals surface area contributed by atoms with E-state index in [1.165, 1.54) is 205 Å². The number of ether oxygens (including phenoxy) is 2. The maximum absolute atomic E-state index is 12.3. The van der Waals surface area contributed by atoms with Crippen molar-refractivity contribution in [2.45, 2.75) is 285 Å². The Morgan fingerprint density at radius 2 is 0.655 bits per heavy atom. The molecule has 0 aromatic carbocycles. The van der Waals surface area contributed by atoms with Crippen molar-refractivity contribution in [3.8, 4) is 0 Å². The molecule has 0 aliphatic heterocycles. The van der Waals surface area contributed by atoms with Crippen molar-refractivity contribution in [3.05, 3.63) is 0 Å². The summed E-state index contributed by atoms with van der Waals surface area (Å²) in [4.78, 5) is 24.5. The molecule has 0 aromatic heterocycles. The molecular formula is C53H105NO4. The average Bonchev–Trinajstić information content (AvgIpc) is 3.22. The van der Waals surface area contributed by atoms with E-state index in [2.05, 4.69) is 33.0 Å². The summed E-state index contributed by atoms with van der Waals surface area (Å²) in [7, 11) is 0. The summed E-state index contributed by atoms with van der Waals surface area (Å²) in [6.45, 7) is 13.5. The van der Waals surface area contributed by atoms with Crippen LogP contribution in [0.25, 0.3) is 0 Å². The second-order valence-electron chi connectivity index (χ2n) is 18.7. The van der Waals surface area contributed by atoms with E-state index in [4.69, 9.17) is 9.47 Å². The summed E-state index contributed by atoms with van der Waals surface area (Å²) in [5.41, 5.74) is 0. The maximum atomic E-state index is 12.3. The summed E-state index contributed by atoms with van der Waals surface area (Å²) in [6.07, 6.45) is 50.1. The summed E-state index contributed by atoms with van der Waals surface area (Å²) in [5.74, 6) is 2.31. The first-order valence-electron chi connectivity index (χ1n) is 26.4. The first-order valence-corrected chi connectivity index (χ1v) is 26.4. The number of amides is 1. The van der Waals surface area contributed by atoms with Gasteiger partial charge in [0.25, 0.3) is 0 Å². The molecule has 0 aromatic rings. The fourth-order valence-corrected chi connectivity index (χ4v) is 8.30. The van der Waals surface area contributed by atoms with E-state index in [-0.39, 0.29) is 5.91 Å². The largest absolute Gasteiger partial charge is 0.381 e. The molecule has 0 saturated heterocycles. The van der Waals surface area contributed by atoms with Gasteiger partial charge in [0, 0.05) is 52.2 Å². The Balaban J connectivity index is 3.38. The zero-order valence-corrected chi connectivity index (χ0v) is 40.1. The van der Waals surface area contributed by atoms with Gasteiger partial charge in [-0.15, -0.1) is 0 Å². The van der Waals surface area contributed by atoms with E-state index in [9.17, 15) is 9.59 Å². The van der Waals surface area contributed by atoms with Gasteiger partial charge in [-0.1, -0.05) is 220 Å². The molecule has 0 aliphatic carbocycles. The predicted molar refractivity (Wildman–Crippen MR) is 254 cm³/mol. The standard InChI is InChI=1S/C53H105NO4/c1-5-7-9-11-13-15-17-19-25-34-46-57-48-36-33-43-52(55)42-29-23-21-27-38-50(3)40-31-32-41-51(4)39-28-22-24-30-44-53(56)54-45-37-49-58-47-35-26-20-18-16-14-12-10-8-6-2/h50-51H,5-49H2,1-4H3,(H,54,56). The molecule has 0 rings (SSSR count). The van der Waals surface area contributed by atoms with Crippen LogP contribution in [0.3, 0.4) is 0 Å². The van der Waals surface area contributed by atoms with E-state index >= 15 is 0 Å². The number of rotatable bonds is 50. The molecule has 5 nitrogen and oxygen atoms in total. The van der Waals surface area contributed by atoms with Crippen LogP contribution in [0.4, 0.5) is 0 Å². The van der Waals surface area contributed by atoms with Gasteiger partial charge in [0.2, 0.25) is 5.91 Å². The molecule has 0 bridgehead atoms. The van der Waals surface area contributed by atoms with Crippen LogP contribution in [0.5, 0.6) is 0 Å². The number of ketones is 1. The zero-order chi connectivity index (χ0) is 42.3. The third kappa shape index (κ3) is 47.7. The van der Waals surface area contributed by atoms with Gasteiger partial charge in [-0.2, -0.15) is 0 Å². The van der Waals surface area contributed by atoms with E-state index < -0.39 is 0 Å². The normalized spacial score (nSPS) is 12.6. The summed E-state index contributed by atoms with van der Waals surface area (Å²) >= 11 is 0. The molecule has 58 heavy (non-hydrogen) atoms. The molecule has 0 heterocycles. The number of nitrogens with one attached hydrogen (secondary N) is 1. The van der Waals surface area contributed by atoms with Crippen LogP contribution >= 0.6 is 0 Å². The van der Waals surface area contributed by atoms with Gasteiger partial charge in [0.05, 0.1) is 0 Å². The fourth-order valence-electron chi connectivity index (χ4n) is 8.30. The molecule has 346 valence electrons. The maximum Gasteiger partial charge on any atom is 0.219 e. The predicted octanol–water partition coefficient (Wildman–Crippen LogP) is 16.6. The van der Waals surface area contributed by atoms with Crippen molar-refractivity contribution in [2.75, 3.05) is 33.0 Å². The molecule has 0 spiro atoms. The number of hydrogen-bond donors (Lipinski definition) is 1. The van der Waals surface area contributed by atoms with Crippen LogP contribution in [0, 0.1) is 11.8 Å². The monoisotopic (exact) mass is 820 g/mol. The minimum atomic E-state index is 0.209. The second kappa shape index (κ2) is 48.7. The van der Waals surface area contributed by atoms with Crippen molar-refractivity contribution in [1.29, 1.82) is 0 Å². The van der Waals surface area contributed by atoms with E-state index in [0.717, 1.165) is 89.8 Å². The van der Waals surface area contributed by atoms with Gasteiger partial charge in [-0.05, 0) is 56.8 Å². The van der Waals surface area contributed by atoms with Gasteiger partial charge < -0.3 is 14.8 Å². The Bertz CT molecular complexity index is 752. The second-order valence-corrected chi connectivity index (χ2v) is 18.7. The highest BCUT2D eigenvalue weighted by Gasteiger charge is 2.07. The highest BCUT2D eigenvalue weighted by molar-refractivity contribution is 5.78. The molecule has 0 aliphatic rings. The molecule has 2 unspecified atom stereocenters. The lowest BCUT2D eigenvalue weighted by atomic mass is 9.93. The number of carbonyl (C=O) groups excluding carboxylic acids is 2. The number of unbranched alkanes of at least 4 members (excludes halogenated alkanes) is 26. The lowest BCUT2D eigenvalue weighted by Crippen LogP contribution is -2.24. The first-order chi connectivity index (χ1) is 28.5. The Labute approximate surface area is 364 Å². The third-order valence-electron chi connectivity index (χ3n) is 12.5. The summed E-state index contributed by atoms with van der Waals surface area (Å²) in [5, 5.41) is 3.08. The first kappa shape index (κ1) is 57.1. The minimum absolute atomic E-state index is 0.209. The lowest BCUT2D eigenvalue weighted by molar-refractivity contribution is -0.121. The van der Waals surface area contributed by atoms with Crippen molar-refractivity contribution in [2.24, 2.45) is 11.8 Å². The lowest BCUT2D eigenvalue weighted by Gasteiger charge is -2.13. The Morgan fingerprint density at radius 3 is 1.09 bits per heavy atom. The Morgan fingerprint density at radius 1 is 0.362 bits per heavy atom. The van der Waals surface area contributed by atoms with Gasteiger partial charge in [0.1, 0.15) is 5.78 Å². The molecule has 0 radical (unpaired) electrons. The van der Waals surface area contributed by atoms with Gasteiger partial charge in [0.15, 0.2) is 0 Å². The number of hydrogen-bond acceptors (Lipinski definition) is 4. The van der Waals surface area contributed by atoms with Crippen molar-refractivity contribution in [1.82, 2.24) is 5.32 Å². The number of Topliss-reactive ketones (excluding diaryl/α,β-unsaturated/α-hetero) is 1. The van der Waals surface area contributed by atoms with Crippen LogP contribution in [0.1, 0.15) is 285 Å². The SMILES string of the molecule is CCCCCCCCCCCCOCCCCC(=O)CCCCCCC(C)CCCCC(C)CCCCCCC(=O)NCCCOCCCCCCCCCCCC. The molecular weight excluding hydrogens is 715 g/mol. The highest BCUT2D eigenvalue weighted by Crippen LogP contribution is 2.21. The quantitative estimate of drug-likeness (QED) is 0.0621. The summed E-state index contributed by atoms with van der Waals surface area (Å²) < 4.78 is 11.6. The summed E-state index contributed by atoms with van der Waals surface area (Å²) in [6, 6.07) is 0. The van der Waals surface area contributed by atoms with Gasteiger partial charge in [-0.3, -0.25) is 9.59 Å². The topological polar surface area (TPSA) is 64.6 Å². The smallest absolute Gasteiger partial charge is 0.219 e. The Hall–Kier alpha value is -0.940. The minimum Gasteiger partial charge on any atom is -0.381 e. The fraction of sp³-hybridized carbons (Fsp3) is 0.962. The van der Waals surface area contributed by atoms with Gasteiger partial charge >= 0.3 is 0 Å². The molecule has 0 fully saturated rings. The molecule has 5 heteroatoms. The van der Waals surface area contributed by atoms with Gasteiger partial charge in [-0.25, -0.2) is 0 Å². The van der Waals surface area contributed by atoms with Crippen molar-refractivity contribution >= 4 is 11.7 Å². The molecule has 1 amide bonds. The van der Waals surface area contributed by atoms with E-state index in [1.54, 1.807) is 0 Å². The highest BCUT2D eigenvalue weighted by atomic mass is 16.5. The van der Waals surface area contributed by atoms with Crippen LogP contribution in [0.2, 0.25) is 0 Å². The van der Waals surface area contributed by atoms with E-state index in [1.807, 2.05) is 0 Å². The van der Waals surface area contributed by atoms with Crippen molar-refractivity contribution in [3.63, 3.8) is 0 Å². The van der Waals surface area contributed by atoms with Crippen LogP contribution in [-0.2, 0) is 19.1 Å². The molecule has 1 N–H and O–H groups in total. The van der Waals surface area contributed by atoms with E-state index in [0.29, 0.717) is 12.2 Å². The van der Waals surface area contributed by atoms with Crippen LogP contribution < -0.4 is 5.32 Å². The van der Waals surface area contributed by atoms with Crippen molar-refractivity contribution < 1.29 is 19.1 Å². The van der Waals surface area contributed by atoms with Crippen LogP contribution in [-0.4, -0.2) is 44.7 Å². The third-order valence-corrected chi connectivity index (χ3v) is 12.5. The zero-order valence-electron chi connectivity index (χ0n) is 40.1. The van der Waals surface area contributed by atoms with Crippen LogP contribution in [0.15, 0.2) is 0 Å².